The molecule has 0 radical (unpaired) electrons. The summed E-state index contributed by atoms with van der Waals surface area (Å²) in [6.07, 6.45) is -0.867. The Labute approximate surface area is 88.1 Å². The summed E-state index contributed by atoms with van der Waals surface area (Å²) < 4.78 is 4.85. The maximum Gasteiger partial charge on any atom is 0.434 e. The highest BCUT2D eigenvalue weighted by molar-refractivity contribution is 5.71. The Kier molecular flexibility index (Phi) is 4.86. The minimum absolute atomic E-state index is 0.0606. The average molecular weight is 219 g/mol. The highest BCUT2D eigenvalue weighted by atomic mass is 16.6. The first-order valence-electron chi connectivity index (χ1n) is 4.45. The molecule has 4 N–H and O–H groups in total. The Bertz CT molecular complexity index is 237. The molecule has 0 atom stereocenters. The topological polar surface area (TPSA) is 105 Å². The lowest BCUT2D eigenvalue weighted by atomic mass is 10.2. The van der Waals surface area contributed by atoms with Gasteiger partial charge in [0.2, 0.25) is 0 Å². The number of amides is 3. The summed E-state index contributed by atoms with van der Waals surface area (Å²) >= 11 is 0. The molecule has 0 aromatic heterocycles. The van der Waals surface area contributed by atoms with Gasteiger partial charge in [-0.2, -0.15) is 5.06 Å². The fraction of sp³-hybridized carbons (Fsp3) is 0.750. The van der Waals surface area contributed by atoms with Crippen LogP contribution in [0.15, 0.2) is 0 Å². The van der Waals surface area contributed by atoms with Gasteiger partial charge in [-0.3, -0.25) is 5.21 Å². The van der Waals surface area contributed by atoms with Gasteiger partial charge in [0, 0.05) is 6.54 Å². The number of primary amides is 1. The molecule has 0 aliphatic heterocycles. The number of hydrogen-bond acceptors (Lipinski definition) is 4. The molecule has 7 heteroatoms. The van der Waals surface area contributed by atoms with Crippen molar-refractivity contribution in [2.45, 2.75) is 26.4 Å². The van der Waals surface area contributed by atoms with E-state index in [0.29, 0.717) is 5.06 Å². The zero-order chi connectivity index (χ0) is 12.1. The second-order valence-corrected chi connectivity index (χ2v) is 3.89. The second-order valence-electron chi connectivity index (χ2n) is 3.89. The Balaban J connectivity index is 3.85. The van der Waals surface area contributed by atoms with Gasteiger partial charge in [-0.1, -0.05) is 0 Å². The van der Waals surface area contributed by atoms with E-state index in [4.69, 9.17) is 15.7 Å². The van der Waals surface area contributed by atoms with Gasteiger partial charge in [0.1, 0.15) is 5.60 Å². The fourth-order valence-corrected chi connectivity index (χ4v) is 0.691. The number of hydrogen-bond donors (Lipinski definition) is 3. The summed E-state index contributed by atoms with van der Waals surface area (Å²) in [4.78, 5) is 21.4. The third-order valence-electron chi connectivity index (χ3n) is 1.23. The van der Waals surface area contributed by atoms with Crippen LogP contribution in [0.3, 0.4) is 0 Å². The molecule has 0 saturated heterocycles. The van der Waals surface area contributed by atoms with Crippen molar-refractivity contribution in [3.8, 4) is 0 Å². The third-order valence-corrected chi connectivity index (χ3v) is 1.23. The standard InChI is InChI=1S/C8H17N3O4/c1-8(2,3)15-7(13)11(14)5-4-10-6(9)12/h14H,4-5H2,1-3H3,(H3,9,10,12). The first kappa shape index (κ1) is 13.5. The molecule has 15 heavy (non-hydrogen) atoms. The normalized spacial score (nSPS) is 10.7. The molecule has 88 valence electrons. The average Bonchev–Trinajstić information content (AvgIpc) is 1.99. The number of carbonyl (C=O) groups excluding carboxylic acids is 2. The quantitative estimate of drug-likeness (QED) is 0.468. The molecular formula is C8H17N3O4. The first-order chi connectivity index (χ1) is 6.72. The van der Waals surface area contributed by atoms with Crippen molar-refractivity contribution in [1.29, 1.82) is 0 Å². The van der Waals surface area contributed by atoms with Crippen molar-refractivity contribution in [2.24, 2.45) is 5.73 Å². The summed E-state index contributed by atoms with van der Waals surface area (Å²) in [5, 5.41) is 11.8. The van der Waals surface area contributed by atoms with Gasteiger partial charge >= 0.3 is 12.1 Å². The largest absolute Gasteiger partial charge is 0.442 e. The predicted octanol–water partition coefficient (Wildman–Crippen LogP) is 0.281. The lowest BCUT2D eigenvalue weighted by Crippen LogP contribution is -2.40. The molecule has 0 aromatic carbocycles. The van der Waals surface area contributed by atoms with E-state index >= 15 is 0 Å². The molecular weight excluding hydrogens is 202 g/mol. The van der Waals surface area contributed by atoms with E-state index in [1.807, 2.05) is 0 Å². The molecule has 0 fully saturated rings. The van der Waals surface area contributed by atoms with E-state index < -0.39 is 17.7 Å². The maximum atomic E-state index is 11.1. The molecule has 0 bridgehead atoms. The summed E-state index contributed by atoms with van der Waals surface area (Å²) in [6.45, 7) is 5.02. The SMILES string of the molecule is CC(C)(C)OC(=O)N(O)CCNC(N)=O. The van der Waals surface area contributed by atoms with E-state index in [-0.39, 0.29) is 13.1 Å². The van der Waals surface area contributed by atoms with Crippen molar-refractivity contribution in [3.63, 3.8) is 0 Å². The molecule has 0 heterocycles. The van der Waals surface area contributed by atoms with E-state index in [0.717, 1.165) is 0 Å². The Hall–Kier alpha value is -1.50. The van der Waals surface area contributed by atoms with Crippen molar-refractivity contribution < 1.29 is 19.5 Å². The van der Waals surface area contributed by atoms with Gasteiger partial charge < -0.3 is 15.8 Å². The van der Waals surface area contributed by atoms with Crippen LogP contribution >= 0.6 is 0 Å². The lowest BCUT2D eigenvalue weighted by molar-refractivity contribution is -0.0924. The minimum Gasteiger partial charge on any atom is -0.442 e. The van der Waals surface area contributed by atoms with Crippen LogP contribution in [-0.2, 0) is 4.74 Å². The Morgan fingerprint density at radius 2 is 2.00 bits per heavy atom. The Morgan fingerprint density at radius 3 is 2.40 bits per heavy atom. The number of hydroxylamine groups is 2. The van der Waals surface area contributed by atoms with E-state index in [2.05, 4.69) is 5.32 Å². The smallest absolute Gasteiger partial charge is 0.434 e. The second kappa shape index (κ2) is 5.40. The van der Waals surface area contributed by atoms with Crippen molar-refractivity contribution in [1.82, 2.24) is 10.4 Å². The van der Waals surface area contributed by atoms with Gasteiger partial charge in [0.05, 0.1) is 6.54 Å². The zero-order valence-corrected chi connectivity index (χ0v) is 9.11. The number of nitrogens with zero attached hydrogens (tertiary/aromatic N) is 1. The van der Waals surface area contributed by atoms with Crippen molar-refractivity contribution >= 4 is 12.1 Å². The highest BCUT2D eigenvalue weighted by Crippen LogP contribution is 2.08. The van der Waals surface area contributed by atoms with Crippen LogP contribution < -0.4 is 11.1 Å². The maximum absolute atomic E-state index is 11.1. The molecule has 7 nitrogen and oxygen atoms in total. The zero-order valence-electron chi connectivity index (χ0n) is 9.11. The predicted molar refractivity (Wildman–Crippen MR) is 52.3 cm³/mol. The molecule has 0 aliphatic rings. The molecule has 0 spiro atoms. The van der Waals surface area contributed by atoms with E-state index in [1.165, 1.54) is 0 Å². The highest BCUT2D eigenvalue weighted by Gasteiger charge is 2.20. The van der Waals surface area contributed by atoms with Gasteiger partial charge in [-0.05, 0) is 20.8 Å². The molecule has 0 unspecified atom stereocenters. The van der Waals surface area contributed by atoms with Gasteiger partial charge in [0.25, 0.3) is 0 Å². The molecule has 3 amide bonds. The van der Waals surface area contributed by atoms with Crippen molar-refractivity contribution in [2.75, 3.05) is 13.1 Å². The number of ether oxygens (including phenoxy) is 1. The number of nitrogens with one attached hydrogen (secondary N) is 1. The van der Waals surface area contributed by atoms with Crippen LogP contribution in [-0.4, -0.2) is 41.1 Å². The summed E-state index contributed by atoms with van der Waals surface area (Å²) in [6, 6.07) is -0.715. The van der Waals surface area contributed by atoms with Crippen LogP contribution in [0.4, 0.5) is 9.59 Å². The van der Waals surface area contributed by atoms with Gasteiger partial charge in [0.15, 0.2) is 0 Å². The fourth-order valence-electron chi connectivity index (χ4n) is 0.691. The number of carbonyl (C=O) groups is 2. The van der Waals surface area contributed by atoms with Crippen molar-refractivity contribution in [3.05, 3.63) is 0 Å². The lowest BCUT2D eigenvalue weighted by Gasteiger charge is -2.23. The monoisotopic (exact) mass is 219 g/mol. The molecule has 0 aromatic rings. The van der Waals surface area contributed by atoms with E-state index in [1.54, 1.807) is 20.8 Å². The van der Waals surface area contributed by atoms with Gasteiger partial charge in [-0.15, -0.1) is 0 Å². The number of urea groups is 1. The van der Waals surface area contributed by atoms with Crippen LogP contribution in [0.5, 0.6) is 0 Å². The summed E-state index contributed by atoms with van der Waals surface area (Å²) in [7, 11) is 0. The first-order valence-corrected chi connectivity index (χ1v) is 4.45. The summed E-state index contributed by atoms with van der Waals surface area (Å²) in [5.74, 6) is 0. The van der Waals surface area contributed by atoms with E-state index in [9.17, 15) is 9.59 Å². The van der Waals surface area contributed by atoms with Crippen LogP contribution in [0.25, 0.3) is 0 Å². The number of nitrogens with two attached hydrogens (primary N) is 1. The molecule has 0 rings (SSSR count). The minimum atomic E-state index is -0.867. The van der Waals surface area contributed by atoms with Gasteiger partial charge in [-0.25, -0.2) is 9.59 Å². The number of rotatable bonds is 3. The van der Waals surface area contributed by atoms with Crippen LogP contribution in [0, 0.1) is 0 Å². The third kappa shape index (κ3) is 7.56. The van der Waals surface area contributed by atoms with Crippen LogP contribution in [0.1, 0.15) is 20.8 Å². The molecule has 0 aliphatic carbocycles. The Morgan fingerprint density at radius 1 is 1.47 bits per heavy atom. The summed E-state index contributed by atoms with van der Waals surface area (Å²) in [5.41, 5.74) is 4.12. The van der Waals surface area contributed by atoms with Crippen LogP contribution in [0.2, 0.25) is 0 Å². The molecule has 0 saturated carbocycles.